The maximum Gasteiger partial charge on any atom is 0.319 e. The number of carbonyl (C=O) groups is 1. The number of halogens is 2. The van der Waals surface area contributed by atoms with Crippen LogP contribution >= 0.6 is 0 Å². The molecule has 110 valence electrons. The van der Waals surface area contributed by atoms with Crippen LogP contribution in [0.5, 0.6) is 0 Å². The number of nitrogens with one attached hydrogen (secondary N) is 2. The van der Waals surface area contributed by atoms with Crippen molar-refractivity contribution in [2.45, 2.75) is 25.7 Å². The number of ether oxygens (including phenoxy) is 2. The molecular formula is C13H16F2N2O3. The van der Waals surface area contributed by atoms with Gasteiger partial charge >= 0.3 is 6.03 Å². The molecule has 0 saturated carbocycles. The molecule has 1 atom stereocenters. The monoisotopic (exact) mass is 286 g/mol. The number of hydrogen-bond donors (Lipinski definition) is 2. The molecule has 5 nitrogen and oxygen atoms in total. The Morgan fingerprint density at radius 1 is 1.40 bits per heavy atom. The van der Waals surface area contributed by atoms with Gasteiger partial charge in [0.25, 0.3) is 0 Å². The number of anilines is 1. The van der Waals surface area contributed by atoms with Gasteiger partial charge in [0.15, 0.2) is 5.79 Å². The molecule has 2 amide bonds. The molecule has 1 saturated heterocycles. The van der Waals surface area contributed by atoms with Gasteiger partial charge in [0.05, 0.1) is 6.61 Å². The van der Waals surface area contributed by atoms with E-state index in [1.165, 1.54) is 6.07 Å². The minimum Gasteiger partial charge on any atom is -0.348 e. The van der Waals surface area contributed by atoms with Gasteiger partial charge in [-0.1, -0.05) is 6.07 Å². The van der Waals surface area contributed by atoms with Gasteiger partial charge in [-0.2, -0.15) is 0 Å². The summed E-state index contributed by atoms with van der Waals surface area (Å²) in [6, 6.07) is 2.64. The lowest BCUT2D eigenvalue weighted by Gasteiger charge is -2.17. The van der Waals surface area contributed by atoms with Crippen LogP contribution in [0.4, 0.5) is 19.3 Å². The second-order valence-corrected chi connectivity index (χ2v) is 4.88. The fourth-order valence-corrected chi connectivity index (χ4v) is 1.85. The molecule has 1 aliphatic heterocycles. The Kier molecular flexibility index (Phi) is 4.20. The molecular weight excluding hydrogens is 270 g/mol. The van der Waals surface area contributed by atoms with Crippen LogP contribution in [-0.4, -0.2) is 31.1 Å². The Bertz CT molecular complexity index is 488. The molecule has 7 heteroatoms. The van der Waals surface area contributed by atoms with E-state index in [2.05, 4.69) is 10.6 Å². The zero-order chi connectivity index (χ0) is 14.8. The molecule has 1 aromatic rings. The van der Waals surface area contributed by atoms with Gasteiger partial charge in [-0.15, -0.1) is 0 Å². The molecule has 20 heavy (non-hydrogen) atoms. The SMILES string of the molecule is CC1(C)OCC(CNC(=O)Nc2c(F)cccc2F)O1. The molecule has 2 rings (SSSR count). The van der Waals surface area contributed by atoms with Crippen molar-refractivity contribution >= 4 is 11.7 Å². The lowest BCUT2D eigenvalue weighted by molar-refractivity contribution is -0.137. The fraction of sp³-hybridized carbons (Fsp3) is 0.462. The summed E-state index contributed by atoms with van der Waals surface area (Å²) in [4.78, 5) is 11.6. The van der Waals surface area contributed by atoms with E-state index in [1.54, 1.807) is 13.8 Å². The van der Waals surface area contributed by atoms with Gasteiger partial charge in [0.1, 0.15) is 23.4 Å². The summed E-state index contributed by atoms with van der Waals surface area (Å²) < 4.78 is 37.5. The highest BCUT2D eigenvalue weighted by molar-refractivity contribution is 5.89. The van der Waals surface area contributed by atoms with E-state index in [4.69, 9.17) is 9.47 Å². The quantitative estimate of drug-likeness (QED) is 0.896. The normalized spacial score (nSPS) is 20.7. The van der Waals surface area contributed by atoms with Crippen LogP contribution in [-0.2, 0) is 9.47 Å². The fourth-order valence-electron chi connectivity index (χ4n) is 1.85. The second-order valence-electron chi connectivity index (χ2n) is 4.88. The first kappa shape index (κ1) is 14.7. The summed E-state index contributed by atoms with van der Waals surface area (Å²) in [5.41, 5.74) is -0.478. The van der Waals surface area contributed by atoms with E-state index in [-0.39, 0.29) is 12.6 Å². The first-order chi connectivity index (χ1) is 9.37. The summed E-state index contributed by atoms with van der Waals surface area (Å²) in [6.45, 7) is 4.07. The third-order valence-electron chi connectivity index (χ3n) is 2.76. The van der Waals surface area contributed by atoms with E-state index in [1.807, 2.05) is 0 Å². The summed E-state index contributed by atoms with van der Waals surface area (Å²) in [5, 5.41) is 4.60. The van der Waals surface area contributed by atoms with Crippen molar-refractivity contribution in [3.05, 3.63) is 29.8 Å². The predicted octanol–water partition coefficient (Wildman–Crippen LogP) is 2.24. The third kappa shape index (κ3) is 3.64. The highest BCUT2D eigenvalue weighted by Crippen LogP contribution is 2.22. The largest absolute Gasteiger partial charge is 0.348 e. The molecule has 0 bridgehead atoms. The van der Waals surface area contributed by atoms with E-state index in [0.29, 0.717) is 6.61 Å². The standard InChI is InChI=1S/C13H16F2N2O3/c1-13(2)19-7-8(20-13)6-16-12(18)17-11-9(14)4-3-5-10(11)15/h3-5,8H,6-7H2,1-2H3,(H2,16,17,18). The second kappa shape index (κ2) is 5.72. The average Bonchev–Trinajstić information content (AvgIpc) is 2.71. The number of para-hydroxylation sites is 1. The predicted molar refractivity (Wildman–Crippen MR) is 68.3 cm³/mol. The lowest BCUT2D eigenvalue weighted by Crippen LogP contribution is -2.37. The van der Waals surface area contributed by atoms with E-state index in [9.17, 15) is 13.6 Å². The molecule has 0 radical (unpaired) electrons. The van der Waals surface area contributed by atoms with Crippen LogP contribution in [0.2, 0.25) is 0 Å². The van der Waals surface area contributed by atoms with Crippen LogP contribution in [0.3, 0.4) is 0 Å². The van der Waals surface area contributed by atoms with Crippen LogP contribution in [0.25, 0.3) is 0 Å². The first-order valence-electron chi connectivity index (χ1n) is 6.18. The summed E-state index contributed by atoms with van der Waals surface area (Å²) >= 11 is 0. The maximum absolute atomic E-state index is 13.3. The number of amides is 2. The van der Waals surface area contributed by atoms with Crippen molar-refractivity contribution in [3.8, 4) is 0 Å². The molecule has 1 aromatic carbocycles. The van der Waals surface area contributed by atoms with Crippen LogP contribution < -0.4 is 10.6 Å². The van der Waals surface area contributed by atoms with E-state index < -0.39 is 29.1 Å². The topological polar surface area (TPSA) is 59.6 Å². The van der Waals surface area contributed by atoms with Gasteiger partial charge in [-0.3, -0.25) is 0 Å². The molecule has 1 heterocycles. The van der Waals surface area contributed by atoms with Crippen molar-refractivity contribution in [1.29, 1.82) is 0 Å². The van der Waals surface area contributed by atoms with Gasteiger partial charge in [-0.05, 0) is 26.0 Å². The molecule has 1 fully saturated rings. The summed E-state index contributed by atoms with van der Waals surface area (Å²) in [7, 11) is 0. The van der Waals surface area contributed by atoms with Crippen molar-refractivity contribution < 1.29 is 23.0 Å². The van der Waals surface area contributed by atoms with E-state index >= 15 is 0 Å². The van der Waals surface area contributed by atoms with Crippen molar-refractivity contribution in [2.24, 2.45) is 0 Å². The van der Waals surface area contributed by atoms with Crippen molar-refractivity contribution in [2.75, 3.05) is 18.5 Å². The molecule has 2 N–H and O–H groups in total. The number of carbonyl (C=O) groups excluding carboxylic acids is 1. The van der Waals surface area contributed by atoms with Crippen molar-refractivity contribution in [3.63, 3.8) is 0 Å². The third-order valence-corrected chi connectivity index (χ3v) is 2.76. The Hall–Kier alpha value is -1.73. The zero-order valence-corrected chi connectivity index (χ0v) is 11.2. The molecule has 1 unspecified atom stereocenters. The van der Waals surface area contributed by atoms with Gasteiger partial charge in [0.2, 0.25) is 0 Å². The molecule has 1 aliphatic rings. The molecule has 0 aliphatic carbocycles. The van der Waals surface area contributed by atoms with Gasteiger partial charge in [0, 0.05) is 6.54 Å². The lowest BCUT2D eigenvalue weighted by atomic mass is 10.3. The first-order valence-corrected chi connectivity index (χ1v) is 6.18. The van der Waals surface area contributed by atoms with E-state index in [0.717, 1.165) is 12.1 Å². The molecule has 0 aromatic heterocycles. The van der Waals surface area contributed by atoms with Crippen LogP contribution in [0.1, 0.15) is 13.8 Å². The number of rotatable bonds is 3. The smallest absolute Gasteiger partial charge is 0.319 e. The van der Waals surface area contributed by atoms with Crippen molar-refractivity contribution in [1.82, 2.24) is 5.32 Å². The zero-order valence-electron chi connectivity index (χ0n) is 11.2. The summed E-state index contributed by atoms with van der Waals surface area (Å²) in [5.74, 6) is -2.34. The minimum absolute atomic E-state index is 0.186. The Morgan fingerprint density at radius 3 is 2.60 bits per heavy atom. The molecule has 0 spiro atoms. The number of benzene rings is 1. The highest BCUT2D eigenvalue weighted by Gasteiger charge is 2.32. The number of hydrogen-bond acceptors (Lipinski definition) is 3. The average molecular weight is 286 g/mol. The van der Waals surface area contributed by atoms with Crippen LogP contribution in [0, 0.1) is 11.6 Å². The van der Waals surface area contributed by atoms with Gasteiger partial charge in [-0.25, -0.2) is 13.6 Å². The van der Waals surface area contributed by atoms with Gasteiger partial charge < -0.3 is 20.1 Å². The maximum atomic E-state index is 13.3. The Morgan fingerprint density at radius 2 is 2.05 bits per heavy atom. The Labute approximate surface area is 115 Å². The number of urea groups is 1. The Balaban J connectivity index is 1.84. The summed E-state index contributed by atoms with van der Waals surface area (Å²) in [6.07, 6.45) is -0.291. The highest BCUT2D eigenvalue weighted by atomic mass is 19.1. The minimum atomic E-state index is -0.832. The van der Waals surface area contributed by atoms with Crippen LogP contribution in [0.15, 0.2) is 18.2 Å².